The van der Waals surface area contributed by atoms with E-state index in [1.54, 1.807) is 18.1 Å². The molecular weight excluding hydrogens is 486 g/mol. The second kappa shape index (κ2) is 10.4. The minimum atomic E-state index is -0.691. The Hall–Kier alpha value is -4.38. The molecule has 1 heterocycles. The molecule has 1 fully saturated rings. The fourth-order valence-electron chi connectivity index (χ4n) is 5.16. The van der Waals surface area contributed by atoms with Crippen LogP contribution in [0.1, 0.15) is 49.1 Å². The first-order valence-electron chi connectivity index (χ1n) is 13.2. The van der Waals surface area contributed by atoms with Crippen LogP contribution >= 0.6 is 0 Å². The van der Waals surface area contributed by atoms with E-state index in [1.165, 1.54) is 0 Å². The van der Waals surface area contributed by atoms with Crippen molar-refractivity contribution in [2.24, 2.45) is 0 Å². The number of fused-ring (bicyclic) bond motifs is 1. The summed E-state index contributed by atoms with van der Waals surface area (Å²) in [7, 11) is 1.62. The van der Waals surface area contributed by atoms with Crippen molar-refractivity contribution in [1.29, 1.82) is 0 Å². The minimum absolute atomic E-state index is 0.0419. The summed E-state index contributed by atoms with van der Waals surface area (Å²) in [6, 6.07) is 28.4. The molecule has 5 nitrogen and oxygen atoms in total. The van der Waals surface area contributed by atoms with Gasteiger partial charge in [0.05, 0.1) is 18.7 Å². The number of aliphatic hydroxyl groups excluding tert-OH is 1. The van der Waals surface area contributed by atoms with Crippen LogP contribution in [0.15, 0.2) is 96.6 Å². The van der Waals surface area contributed by atoms with E-state index in [0.29, 0.717) is 18.5 Å². The molecule has 39 heavy (non-hydrogen) atoms. The zero-order valence-corrected chi connectivity index (χ0v) is 22.8. The van der Waals surface area contributed by atoms with Crippen molar-refractivity contribution in [3.8, 4) is 5.75 Å². The van der Waals surface area contributed by atoms with Gasteiger partial charge in [0.15, 0.2) is 0 Å². The lowest BCUT2D eigenvalue weighted by atomic mass is 9.85. The number of nitrogens with zero attached hydrogens (tertiary/aromatic N) is 1. The zero-order chi connectivity index (χ0) is 27.7. The van der Waals surface area contributed by atoms with Gasteiger partial charge in [-0.15, -0.1) is 0 Å². The Balaban J connectivity index is 1.57. The number of hydrogen-bond acceptors (Lipinski definition) is 4. The quantitative estimate of drug-likeness (QED) is 0.173. The van der Waals surface area contributed by atoms with Crippen molar-refractivity contribution in [3.63, 3.8) is 0 Å². The van der Waals surface area contributed by atoms with E-state index < -0.39 is 17.7 Å². The van der Waals surface area contributed by atoms with Crippen molar-refractivity contribution in [1.82, 2.24) is 4.90 Å². The highest BCUT2D eigenvalue weighted by Crippen LogP contribution is 2.40. The minimum Gasteiger partial charge on any atom is -0.507 e. The van der Waals surface area contributed by atoms with Gasteiger partial charge in [-0.2, -0.15) is 0 Å². The number of hydrogen-bond donors (Lipinski definition) is 1. The smallest absolute Gasteiger partial charge is 0.295 e. The molecule has 198 valence electrons. The van der Waals surface area contributed by atoms with E-state index in [0.717, 1.165) is 33.2 Å². The Bertz CT molecular complexity index is 1560. The Morgan fingerprint density at radius 3 is 2.18 bits per heavy atom. The van der Waals surface area contributed by atoms with Crippen molar-refractivity contribution in [3.05, 3.63) is 119 Å². The van der Waals surface area contributed by atoms with Gasteiger partial charge in [0.1, 0.15) is 11.5 Å². The first-order valence-corrected chi connectivity index (χ1v) is 13.2. The van der Waals surface area contributed by atoms with Crippen LogP contribution in [0.5, 0.6) is 5.75 Å². The lowest BCUT2D eigenvalue weighted by Gasteiger charge is -2.26. The van der Waals surface area contributed by atoms with E-state index in [4.69, 9.17) is 4.74 Å². The molecule has 4 aromatic rings. The molecule has 0 spiro atoms. The van der Waals surface area contributed by atoms with Crippen LogP contribution in [0.25, 0.3) is 16.5 Å². The predicted molar refractivity (Wildman–Crippen MR) is 155 cm³/mol. The second-order valence-electron chi connectivity index (χ2n) is 11.0. The third-order valence-electron chi connectivity index (χ3n) is 7.46. The molecule has 1 aliphatic rings. The van der Waals surface area contributed by atoms with Crippen molar-refractivity contribution in [2.45, 2.75) is 38.6 Å². The number of amides is 1. The predicted octanol–water partition coefficient (Wildman–Crippen LogP) is 6.81. The third-order valence-corrected chi connectivity index (χ3v) is 7.46. The number of carbonyl (C=O) groups excluding carboxylic acids is 2. The summed E-state index contributed by atoms with van der Waals surface area (Å²) < 4.78 is 5.25. The molecule has 5 heteroatoms. The van der Waals surface area contributed by atoms with Gasteiger partial charge in [0.25, 0.3) is 11.7 Å². The summed E-state index contributed by atoms with van der Waals surface area (Å²) in [6.07, 6.45) is 0.559. The van der Waals surface area contributed by atoms with Crippen molar-refractivity contribution in [2.75, 3.05) is 13.7 Å². The third kappa shape index (κ3) is 5.17. The number of carbonyl (C=O) groups is 2. The molecule has 1 atom stereocenters. The zero-order valence-electron chi connectivity index (χ0n) is 22.8. The summed E-state index contributed by atoms with van der Waals surface area (Å²) in [5.41, 5.74) is 3.55. The Morgan fingerprint density at radius 1 is 0.872 bits per heavy atom. The molecule has 0 aromatic heterocycles. The molecule has 1 aliphatic heterocycles. The molecule has 4 aromatic carbocycles. The molecule has 0 radical (unpaired) electrons. The first kappa shape index (κ1) is 26.2. The van der Waals surface area contributed by atoms with Crippen LogP contribution in [0.4, 0.5) is 0 Å². The summed E-state index contributed by atoms with van der Waals surface area (Å²) in [6.45, 7) is 6.76. The lowest BCUT2D eigenvalue weighted by molar-refractivity contribution is -0.139. The van der Waals surface area contributed by atoms with Crippen molar-refractivity contribution < 1.29 is 19.4 Å². The molecule has 0 bridgehead atoms. The lowest BCUT2D eigenvalue weighted by Crippen LogP contribution is -2.31. The van der Waals surface area contributed by atoms with Crippen LogP contribution in [0.3, 0.4) is 0 Å². The van der Waals surface area contributed by atoms with Gasteiger partial charge in [0, 0.05) is 12.1 Å². The highest BCUT2D eigenvalue weighted by molar-refractivity contribution is 6.46. The largest absolute Gasteiger partial charge is 0.507 e. The average Bonchev–Trinajstić information content (AvgIpc) is 3.20. The molecular formula is C34H33NO4. The molecule has 5 rings (SSSR count). The summed E-state index contributed by atoms with van der Waals surface area (Å²) in [5, 5.41) is 13.5. The van der Waals surface area contributed by atoms with Crippen LogP contribution in [0.2, 0.25) is 0 Å². The van der Waals surface area contributed by atoms with Gasteiger partial charge < -0.3 is 14.7 Å². The monoisotopic (exact) mass is 519 g/mol. The molecule has 1 amide bonds. The van der Waals surface area contributed by atoms with E-state index in [-0.39, 0.29) is 16.7 Å². The molecule has 1 N–H and O–H groups in total. The number of benzene rings is 4. The number of rotatable bonds is 6. The number of methoxy groups -OCH3 is 1. The van der Waals surface area contributed by atoms with E-state index in [1.807, 2.05) is 84.9 Å². The summed E-state index contributed by atoms with van der Waals surface area (Å²) >= 11 is 0. The van der Waals surface area contributed by atoms with Gasteiger partial charge in [-0.25, -0.2) is 0 Å². The summed E-state index contributed by atoms with van der Waals surface area (Å²) in [4.78, 5) is 28.5. The standard InChI is InChI=1S/C34H33NO4/c1-34(2,3)27-15-13-24(14-16-27)30-29(31(36)26-12-11-23-7-5-6-8-25(23)21-26)32(37)33(38)35(30)20-19-22-9-17-28(39-4)18-10-22/h5-18,21,30,36H,19-20H2,1-4H3/b31-29-. The summed E-state index contributed by atoms with van der Waals surface area (Å²) in [5.74, 6) is -0.666. The molecule has 1 saturated heterocycles. The molecule has 0 saturated carbocycles. The average molecular weight is 520 g/mol. The van der Waals surface area contributed by atoms with E-state index >= 15 is 0 Å². The molecule has 0 aliphatic carbocycles. The van der Waals surface area contributed by atoms with Crippen LogP contribution in [0, 0.1) is 0 Å². The fraction of sp³-hybridized carbons (Fsp3) is 0.235. The van der Waals surface area contributed by atoms with Gasteiger partial charge in [-0.1, -0.05) is 93.6 Å². The van der Waals surface area contributed by atoms with Gasteiger partial charge in [-0.05, 0) is 57.5 Å². The Kier molecular flexibility index (Phi) is 7.00. The Morgan fingerprint density at radius 2 is 1.54 bits per heavy atom. The second-order valence-corrected chi connectivity index (χ2v) is 11.0. The fourth-order valence-corrected chi connectivity index (χ4v) is 5.16. The topological polar surface area (TPSA) is 66.8 Å². The number of Topliss-reactive ketones (excluding diaryl/α,β-unsaturated/α-hetero) is 1. The highest BCUT2D eigenvalue weighted by atomic mass is 16.5. The van der Waals surface area contributed by atoms with Crippen LogP contribution < -0.4 is 4.74 Å². The number of ether oxygens (including phenoxy) is 1. The normalized spacial score (nSPS) is 17.1. The van der Waals surface area contributed by atoms with Gasteiger partial charge in [-0.3, -0.25) is 9.59 Å². The van der Waals surface area contributed by atoms with Crippen molar-refractivity contribution >= 4 is 28.2 Å². The van der Waals surface area contributed by atoms with Gasteiger partial charge >= 0.3 is 0 Å². The SMILES string of the molecule is COc1ccc(CCN2C(=O)C(=O)/C(=C(\O)c3ccc4ccccc4c3)C2c2ccc(C(C)(C)C)cc2)cc1. The first-order chi connectivity index (χ1) is 18.7. The molecule has 1 unspecified atom stereocenters. The Labute approximate surface area is 229 Å². The number of ketones is 1. The van der Waals surface area contributed by atoms with E-state index in [2.05, 4.69) is 20.8 Å². The van der Waals surface area contributed by atoms with Crippen LogP contribution in [-0.2, 0) is 21.4 Å². The number of aliphatic hydroxyl groups is 1. The highest BCUT2D eigenvalue weighted by Gasteiger charge is 2.45. The van der Waals surface area contributed by atoms with Gasteiger partial charge in [0.2, 0.25) is 0 Å². The maximum Gasteiger partial charge on any atom is 0.295 e. The number of likely N-dealkylation sites (tertiary alicyclic amines) is 1. The maximum absolute atomic E-state index is 13.5. The maximum atomic E-state index is 13.5. The van der Waals surface area contributed by atoms with Crippen LogP contribution in [-0.4, -0.2) is 35.4 Å². The van der Waals surface area contributed by atoms with E-state index in [9.17, 15) is 14.7 Å².